The third-order valence-corrected chi connectivity index (χ3v) is 6.05. The number of carbonyl (C=O) groups excluding carboxylic acids is 1. The van der Waals surface area contributed by atoms with Gasteiger partial charge in [-0.05, 0) is 43.0 Å². The summed E-state index contributed by atoms with van der Waals surface area (Å²) in [5, 5.41) is 6.34. The summed E-state index contributed by atoms with van der Waals surface area (Å²) in [5.41, 5.74) is 4.86. The molecule has 176 valence electrons. The van der Waals surface area contributed by atoms with Crippen LogP contribution in [0.5, 0.6) is 0 Å². The summed E-state index contributed by atoms with van der Waals surface area (Å²) in [7, 11) is 0. The van der Waals surface area contributed by atoms with E-state index in [1.807, 2.05) is 48.5 Å². The standard InChI is InChI=1S/C28H27N5O2/c34-27(31-18-20-10-5-2-6-11-20)21-12-7-13-23-25(21)33-26(32-23)24-22(15-17-30-28(24)35)29-16-14-19-8-3-1-4-9-19/h2-3,5-13,15,17H,1,4,14,16,18H2,(H,31,34)(H,32,33)(H2,29,30,35). The van der Waals surface area contributed by atoms with E-state index in [2.05, 4.69) is 43.8 Å². The number of fused-ring (bicyclic) bond motifs is 1. The molecule has 7 nitrogen and oxygen atoms in total. The van der Waals surface area contributed by atoms with Crippen molar-refractivity contribution in [1.82, 2.24) is 20.3 Å². The number of H-pyrrole nitrogens is 2. The Labute approximate surface area is 203 Å². The van der Waals surface area contributed by atoms with Gasteiger partial charge in [0.05, 0.1) is 16.8 Å². The first-order valence-corrected chi connectivity index (χ1v) is 11.8. The van der Waals surface area contributed by atoms with Crippen LogP contribution in [0.3, 0.4) is 0 Å². The lowest BCUT2D eigenvalue weighted by Crippen LogP contribution is -2.23. The minimum absolute atomic E-state index is 0.216. The first-order chi connectivity index (χ1) is 17.2. The highest BCUT2D eigenvalue weighted by molar-refractivity contribution is 6.05. The van der Waals surface area contributed by atoms with Crippen LogP contribution in [-0.4, -0.2) is 27.4 Å². The van der Waals surface area contributed by atoms with Crippen molar-refractivity contribution in [2.75, 3.05) is 11.9 Å². The van der Waals surface area contributed by atoms with Gasteiger partial charge >= 0.3 is 0 Å². The van der Waals surface area contributed by atoms with Crippen LogP contribution in [0.15, 0.2) is 89.4 Å². The fourth-order valence-electron chi connectivity index (χ4n) is 4.26. The second-order valence-corrected chi connectivity index (χ2v) is 8.49. The Morgan fingerprint density at radius 1 is 1.03 bits per heavy atom. The van der Waals surface area contributed by atoms with E-state index in [0.717, 1.165) is 24.8 Å². The van der Waals surface area contributed by atoms with Gasteiger partial charge in [0.15, 0.2) is 0 Å². The lowest BCUT2D eigenvalue weighted by Gasteiger charge is -2.11. The summed E-state index contributed by atoms with van der Waals surface area (Å²) in [6.07, 6.45) is 11.3. The lowest BCUT2D eigenvalue weighted by molar-refractivity contribution is 0.0952. The maximum Gasteiger partial charge on any atom is 0.261 e. The average molecular weight is 466 g/mol. The number of aromatic amines is 2. The number of carbonyl (C=O) groups is 1. The van der Waals surface area contributed by atoms with Gasteiger partial charge in [-0.3, -0.25) is 9.59 Å². The highest BCUT2D eigenvalue weighted by Crippen LogP contribution is 2.26. The number of benzene rings is 2. The molecule has 1 amide bonds. The molecule has 0 radical (unpaired) electrons. The summed E-state index contributed by atoms with van der Waals surface area (Å²) in [4.78, 5) is 36.4. The van der Waals surface area contributed by atoms with Gasteiger partial charge in [0.2, 0.25) is 0 Å². The van der Waals surface area contributed by atoms with Crippen molar-refractivity contribution in [3.05, 3.63) is 106 Å². The summed E-state index contributed by atoms with van der Waals surface area (Å²) in [5.74, 6) is 0.205. The second kappa shape index (κ2) is 10.3. The molecule has 2 aromatic heterocycles. The second-order valence-electron chi connectivity index (χ2n) is 8.49. The maximum atomic E-state index is 12.9. The minimum Gasteiger partial charge on any atom is -0.384 e. The number of anilines is 1. The molecule has 0 saturated carbocycles. The SMILES string of the molecule is O=C(NCc1ccccc1)c1cccc2[nH]c(-c3c(NCCC4=CCCC=C4)cc[nH]c3=O)nc12. The zero-order valence-electron chi connectivity index (χ0n) is 19.3. The molecule has 5 rings (SSSR count). The Morgan fingerprint density at radius 3 is 2.74 bits per heavy atom. The van der Waals surface area contributed by atoms with E-state index in [9.17, 15) is 9.59 Å². The predicted molar refractivity (Wildman–Crippen MR) is 139 cm³/mol. The van der Waals surface area contributed by atoms with Crippen molar-refractivity contribution in [2.24, 2.45) is 0 Å². The zero-order valence-corrected chi connectivity index (χ0v) is 19.3. The first kappa shape index (κ1) is 22.4. The Hall–Kier alpha value is -4.39. The lowest BCUT2D eigenvalue weighted by atomic mass is 10.0. The van der Waals surface area contributed by atoms with E-state index in [-0.39, 0.29) is 11.5 Å². The summed E-state index contributed by atoms with van der Waals surface area (Å²) in [6, 6.07) is 17.0. The molecule has 1 aliphatic carbocycles. The number of hydrogen-bond acceptors (Lipinski definition) is 4. The number of aromatic nitrogens is 3. The summed E-state index contributed by atoms with van der Waals surface area (Å²) in [6.45, 7) is 1.12. The van der Waals surface area contributed by atoms with E-state index < -0.39 is 0 Å². The van der Waals surface area contributed by atoms with Crippen LogP contribution in [0, 0.1) is 0 Å². The Morgan fingerprint density at radius 2 is 1.91 bits per heavy atom. The van der Waals surface area contributed by atoms with Crippen LogP contribution >= 0.6 is 0 Å². The molecule has 0 saturated heterocycles. The van der Waals surface area contributed by atoms with Crippen LogP contribution in [0.2, 0.25) is 0 Å². The van der Waals surface area contributed by atoms with E-state index >= 15 is 0 Å². The van der Waals surface area contributed by atoms with Crippen LogP contribution in [0.25, 0.3) is 22.4 Å². The molecule has 7 heteroatoms. The average Bonchev–Trinajstić information content (AvgIpc) is 3.32. The number of hydrogen-bond donors (Lipinski definition) is 4. The molecular weight excluding hydrogens is 438 g/mol. The van der Waals surface area contributed by atoms with Gasteiger partial charge in [-0.25, -0.2) is 4.98 Å². The number of nitrogens with zero attached hydrogens (tertiary/aromatic N) is 1. The molecule has 0 unspecified atom stereocenters. The van der Waals surface area contributed by atoms with Gasteiger partial charge in [-0.15, -0.1) is 0 Å². The normalized spacial score (nSPS) is 13.0. The van der Waals surface area contributed by atoms with Gasteiger partial charge in [-0.2, -0.15) is 0 Å². The fraction of sp³-hybridized carbons (Fsp3) is 0.179. The van der Waals surface area contributed by atoms with Gasteiger partial charge in [0, 0.05) is 19.3 Å². The first-order valence-electron chi connectivity index (χ1n) is 11.8. The molecule has 0 atom stereocenters. The topological polar surface area (TPSA) is 103 Å². The number of nitrogens with one attached hydrogen (secondary N) is 4. The molecule has 0 spiro atoms. The number of rotatable bonds is 8. The zero-order chi connectivity index (χ0) is 24.0. The number of allylic oxidation sites excluding steroid dienone is 3. The highest BCUT2D eigenvalue weighted by Gasteiger charge is 2.18. The van der Waals surface area contributed by atoms with E-state index in [4.69, 9.17) is 0 Å². The fourth-order valence-corrected chi connectivity index (χ4v) is 4.26. The molecular formula is C28H27N5O2. The minimum atomic E-state index is -0.249. The third kappa shape index (κ3) is 5.09. The largest absolute Gasteiger partial charge is 0.384 e. The van der Waals surface area contributed by atoms with Crippen molar-refractivity contribution in [1.29, 1.82) is 0 Å². The predicted octanol–water partition coefficient (Wildman–Crippen LogP) is 4.93. The van der Waals surface area contributed by atoms with Crippen molar-refractivity contribution in [3.8, 4) is 11.4 Å². The molecule has 4 aromatic rings. The Bertz CT molecular complexity index is 1460. The van der Waals surface area contributed by atoms with Gasteiger partial charge < -0.3 is 20.6 Å². The number of imidazole rings is 1. The van der Waals surface area contributed by atoms with Crippen molar-refractivity contribution >= 4 is 22.6 Å². The van der Waals surface area contributed by atoms with Crippen LogP contribution in [0.4, 0.5) is 5.69 Å². The molecule has 2 heterocycles. The smallest absolute Gasteiger partial charge is 0.261 e. The molecule has 0 bridgehead atoms. The van der Waals surface area contributed by atoms with Crippen molar-refractivity contribution in [2.45, 2.75) is 25.8 Å². The molecule has 0 fully saturated rings. The Kier molecular flexibility index (Phi) is 6.57. The van der Waals surface area contributed by atoms with Gasteiger partial charge in [0.1, 0.15) is 16.9 Å². The van der Waals surface area contributed by atoms with Crippen molar-refractivity contribution in [3.63, 3.8) is 0 Å². The maximum absolute atomic E-state index is 12.9. The van der Waals surface area contributed by atoms with Crippen molar-refractivity contribution < 1.29 is 4.79 Å². The molecule has 1 aliphatic rings. The molecule has 35 heavy (non-hydrogen) atoms. The van der Waals surface area contributed by atoms with Crippen LogP contribution in [0.1, 0.15) is 35.2 Å². The monoisotopic (exact) mass is 465 g/mol. The number of para-hydroxylation sites is 1. The van der Waals surface area contributed by atoms with Crippen LogP contribution in [-0.2, 0) is 6.54 Å². The van der Waals surface area contributed by atoms with Gasteiger partial charge in [0.25, 0.3) is 11.5 Å². The molecule has 4 N–H and O–H groups in total. The van der Waals surface area contributed by atoms with Crippen LogP contribution < -0.4 is 16.2 Å². The van der Waals surface area contributed by atoms with Gasteiger partial charge in [-0.1, -0.05) is 60.2 Å². The van der Waals surface area contributed by atoms with E-state index in [0.29, 0.717) is 46.8 Å². The van der Waals surface area contributed by atoms with E-state index in [1.165, 1.54) is 5.57 Å². The molecule has 0 aliphatic heterocycles. The summed E-state index contributed by atoms with van der Waals surface area (Å²) < 4.78 is 0. The number of amides is 1. The quantitative estimate of drug-likeness (QED) is 0.296. The number of pyridine rings is 1. The highest BCUT2D eigenvalue weighted by atomic mass is 16.1. The Balaban J connectivity index is 1.39. The third-order valence-electron chi connectivity index (χ3n) is 6.05. The summed E-state index contributed by atoms with van der Waals surface area (Å²) >= 11 is 0. The molecule has 2 aromatic carbocycles. The van der Waals surface area contributed by atoms with E-state index in [1.54, 1.807) is 12.3 Å².